The Morgan fingerprint density at radius 1 is 1.26 bits per heavy atom. The average Bonchev–Trinajstić information content (AvgIpc) is 3.08. The van der Waals surface area contributed by atoms with E-state index in [9.17, 15) is 4.79 Å². The van der Waals surface area contributed by atoms with Crippen molar-refractivity contribution in [2.45, 2.75) is 52.1 Å². The largest absolute Gasteiger partial charge is 0.336 e. The summed E-state index contributed by atoms with van der Waals surface area (Å²) in [7, 11) is 0. The molecule has 0 aliphatic rings. The first kappa shape index (κ1) is 17.1. The molecule has 1 aromatic heterocycles. The Balaban J connectivity index is 1.74. The number of hydrogen-bond acceptors (Lipinski definition) is 2. The van der Waals surface area contributed by atoms with Crippen molar-refractivity contribution in [3.05, 3.63) is 48.3 Å². The lowest BCUT2D eigenvalue weighted by Crippen LogP contribution is -2.40. The second kappa shape index (κ2) is 8.98. The number of hydrogen-bond donors (Lipinski definition) is 2. The molecular weight excluding hydrogens is 288 g/mol. The Morgan fingerprint density at radius 2 is 2.04 bits per heavy atom. The number of carbonyl (C=O) groups excluding carboxylic acids is 1. The van der Waals surface area contributed by atoms with E-state index in [-0.39, 0.29) is 12.1 Å². The Bertz CT molecular complexity index is 578. The summed E-state index contributed by atoms with van der Waals surface area (Å²) < 4.78 is 1.81. The van der Waals surface area contributed by atoms with Crippen LogP contribution >= 0.6 is 0 Å². The lowest BCUT2D eigenvalue weighted by molar-refractivity contribution is 0.236. The van der Waals surface area contributed by atoms with Gasteiger partial charge in [0.05, 0.1) is 5.69 Å². The summed E-state index contributed by atoms with van der Waals surface area (Å²) in [6.07, 6.45) is 8.26. The number of nitrogens with one attached hydrogen (secondary N) is 2. The highest BCUT2D eigenvalue weighted by molar-refractivity contribution is 5.74. The van der Waals surface area contributed by atoms with Crippen LogP contribution < -0.4 is 10.6 Å². The molecule has 5 heteroatoms. The van der Waals surface area contributed by atoms with Crippen LogP contribution in [-0.2, 0) is 6.54 Å². The van der Waals surface area contributed by atoms with Gasteiger partial charge in [-0.05, 0) is 37.1 Å². The zero-order valence-electron chi connectivity index (χ0n) is 14.0. The number of urea groups is 1. The molecule has 0 fully saturated rings. The average molecular weight is 314 g/mol. The number of unbranched alkanes of at least 4 members (excludes halogenated alkanes) is 2. The van der Waals surface area contributed by atoms with Crippen molar-refractivity contribution in [3.8, 4) is 5.69 Å². The highest BCUT2D eigenvalue weighted by Crippen LogP contribution is 2.08. The van der Waals surface area contributed by atoms with Crippen molar-refractivity contribution in [3.63, 3.8) is 0 Å². The summed E-state index contributed by atoms with van der Waals surface area (Å²) in [5.41, 5.74) is 2.07. The first-order valence-corrected chi connectivity index (χ1v) is 8.32. The third-order valence-electron chi connectivity index (χ3n) is 3.78. The topological polar surface area (TPSA) is 59.0 Å². The van der Waals surface area contributed by atoms with Crippen LogP contribution in [0.3, 0.4) is 0 Å². The summed E-state index contributed by atoms with van der Waals surface area (Å²) in [5.74, 6) is 0. The zero-order chi connectivity index (χ0) is 16.5. The molecule has 124 valence electrons. The maximum atomic E-state index is 11.9. The fraction of sp³-hybridized carbons (Fsp3) is 0.444. The highest BCUT2D eigenvalue weighted by Gasteiger charge is 2.06. The molecule has 1 aromatic carbocycles. The second-order valence-electron chi connectivity index (χ2n) is 5.84. The number of nitrogens with zero attached hydrogens (tertiary/aromatic N) is 2. The lowest BCUT2D eigenvalue weighted by atomic mass is 10.1. The SMILES string of the molecule is CCCCCC(C)NC(=O)NCc1ccc(-n2cccn2)cc1. The summed E-state index contributed by atoms with van der Waals surface area (Å²) in [6.45, 7) is 4.75. The van der Waals surface area contributed by atoms with Gasteiger partial charge in [-0.3, -0.25) is 0 Å². The van der Waals surface area contributed by atoms with E-state index in [0.717, 1.165) is 24.1 Å². The van der Waals surface area contributed by atoms with Crippen LogP contribution in [0.4, 0.5) is 4.79 Å². The quantitative estimate of drug-likeness (QED) is 0.731. The Labute approximate surface area is 138 Å². The van der Waals surface area contributed by atoms with E-state index in [0.29, 0.717) is 6.54 Å². The van der Waals surface area contributed by atoms with Gasteiger partial charge in [0.25, 0.3) is 0 Å². The monoisotopic (exact) mass is 314 g/mol. The predicted octanol–water partition coefficient (Wildman–Crippen LogP) is 3.64. The van der Waals surface area contributed by atoms with Gasteiger partial charge in [-0.1, -0.05) is 38.3 Å². The normalized spacial score (nSPS) is 11.9. The Morgan fingerprint density at radius 3 is 2.70 bits per heavy atom. The third-order valence-corrected chi connectivity index (χ3v) is 3.78. The van der Waals surface area contributed by atoms with E-state index < -0.39 is 0 Å². The predicted molar refractivity (Wildman–Crippen MR) is 92.5 cm³/mol. The first-order valence-electron chi connectivity index (χ1n) is 8.32. The molecule has 1 unspecified atom stereocenters. The van der Waals surface area contributed by atoms with Crippen LogP contribution in [0, 0.1) is 0 Å². The molecule has 0 aliphatic heterocycles. The van der Waals surface area contributed by atoms with Crippen LogP contribution in [0.2, 0.25) is 0 Å². The standard InChI is InChI=1S/C18H26N4O/c1-3-4-5-7-15(2)21-18(23)19-14-16-8-10-17(11-9-16)22-13-6-12-20-22/h6,8-13,15H,3-5,7,14H2,1-2H3,(H2,19,21,23). The van der Waals surface area contributed by atoms with Gasteiger partial charge in [-0.15, -0.1) is 0 Å². The molecule has 5 nitrogen and oxygen atoms in total. The van der Waals surface area contributed by atoms with Crippen LogP contribution in [0.15, 0.2) is 42.7 Å². The van der Waals surface area contributed by atoms with Crippen molar-refractivity contribution in [2.24, 2.45) is 0 Å². The minimum Gasteiger partial charge on any atom is -0.336 e. The van der Waals surface area contributed by atoms with Gasteiger partial charge in [0, 0.05) is 25.0 Å². The van der Waals surface area contributed by atoms with Gasteiger partial charge >= 0.3 is 6.03 Å². The minimum atomic E-state index is -0.106. The third kappa shape index (κ3) is 5.77. The zero-order valence-corrected chi connectivity index (χ0v) is 14.0. The minimum absolute atomic E-state index is 0.106. The molecule has 2 amide bonds. The Hall–Kier alpha value is -2.30. The van der Waals surface area contributed by atoms with Crippen molar-refractivity contribution in [1.82, 2.24) is 20.4 Å². The van der Waals surface area contributed by atoms with Gasteiger partial charge in [0.2, 0.25) is 0 Å². The van der Waals surface area contributed by atoms with Crippen LogP contribution in [0.1, 0.15) is 45.1 Å². The van der Waals surface area contributed by atoms with Gasteiger partial charge in [0.1, 0.15) is 0 Å². The molecule has 0 aliphatic carbocycles. The molecular formula is C18H26N4O. The number of benzene rings is 1. The van der Waals surface area contributed by atoms with E-state index in [1.54, 1.807) is 6.20 Å². The number of aromatic nitrogens is 2. The molecule has 0 saturated heterocycles. The van der Waals surface area contributed by atoms with Gasteiger partial charge in [-0.2, -0.15) is 5.10 Å². The van der Waals surface area contributed by atoms with Gasteiger partial charge in [0.15, 0.2) is 0 Å². The Kier molecular flexibility index (Phi) is 6.66. The molecule has 2 rings (SSSR count). The summed E-state index contributed by atoms with van der Waals surface area (Å²) in [6, 6.07) is 9.99. The molecule has 0 saturated carbocycles. The van der Waals surface area contributed by atoms with E-state index in [2.05, 4.69) is 22.7 Å². The van der Waals surface area contributed by atoms with Crippen molar-refractivity contribution >= 4 is 6.03 Å². The highest BCUT2D eigenvalue weighted by atomic mass is 16.2. The maximum absolute atomic E-state index is 11.9. The van der Waals surface area contributed by atoms with E-state index >= 15 is 0 Å². The van der Waals surface area contributed by atoms with Crippen molar-refractivity contribution in [2.75, 3.05) is 0 Å². The molecule has 0 bridgehead atoms. The van der Waals surface area contributed by atoms with E-state index in [4.69, 9.17) is 0 Å². The molecule has 23 heavy (non-hydrogen) atoms. The van der Waals surface area contributed by atoms with Crippen molar-refractivity contribution in [1.29, 1.82) is 0 Å². The number of rotatable bonds is 8. The van der Waals surface area contributed by atoms with Crippen LogP contribution in [0.25, 0.3) is 5.69 Å². The molecule has 0 spiro atoms. The smallest absolute Gasteiger partial charge is 0.315 e. The second-order valence-corrected chi connectivity index (χ2v) is 5.84. The molecule has 1 atom stereocenters. The van der Waals surface area contributed by atoms with E-state index in [1.807, 2.05) is 48.1 Å². The number of amides is 2. The fourth-order valence-corrected chi connectivity index (χ4v) is 2.42. The van der Waals surface area contributed by atoms with Crippen LogP contribution in [0.5, 0.6) is 0 Å². The fourth-order valence-electron chi connectivity index (χ4n) is 2.42. The van der Waals surface area contributed by atoms with Crippen molar-refractivity contribution < 1.29 is 4.79 Å². The molecule has 2 N–H and O–H groups in total. The molecule has 1 heterocycles. The van der Waals surface area contributed by atoms with Crippen LogP contribution in [-0.4, -0.2) is 21.9 Å². The number of carbonyl (C=O) groups is 1. The summed E-state index contributed by atoms with van der Waals surface area (Å²) in [4.78, 5) is 11.9. The van der Waals surface area contributed by atoms with E-state index in [1.165, 1.54) is 12.8 Å². The first-order chi connectivity index (χ1) is 11.2. The van der Waals surface area contributed by atoms with Gasteiger partial charge in [-0.25, -0.2) is 9.48 Å². The van der Waals surface area contributed by atoms with Gasteiger partial charge < -0.3 is 10.6 Å². The summed E-state index contributed by atoms with van der Waals surface area (Å²) >= 11 is 0. The maximum Gasteiger partial charge on any atom is 0.315 e. The molecule has 2 aromatic rings. The molecule has 0 radical (unpaired) electrons. The summed E-state index contributed by atoms with van der Waals surface area (Å²) in [5, 5.41) is 10.1. The lowest BCUT2D eigenvalue weighted by Gasteiger charge is -2.14.